The first-order valence-corrected chi connectivity index (χ1v) is 9.78. The van der Waals surface area contributed by atoms with Crippen molar-refractivity contribution in [3.05, 3.63) is 53.1 Å². The number of rotatable bonds is 3. The van der Waals surface area contributed by atoms with E-state index in [9.17, 15) is 13.2 Å². The number of sulfonamides is 1. The second kappa shape index (κ2) is 6.57. The molecule has 6 nitrogen and oxygen atoms in total. The van der Waals surface area contributed by atoms with Crippen LogP contribution in [0.1, 0.15) is 5.56 Å². The van der Waals surface area contributed by atoms with Gasteiger partial charge in [0, 0.05) is 10.7 Å². The zero-order valence-electron chi connectivity index (χ0n) is 13.7. The van der Waals surface area contributed by atoms with Crippen LogP contribution in [0.25, 0.3) is 0 Å². The van der Waals surface area contributed by atoms with Crippen molar-refractivity contribution < 1.29 is 17.9 Å². The molecule has 0 aromatic heterocycles. The maximum Gasteiger partial charge on any atom is 0.267 e. The number of halogens is 1. The summed E-state index contributed by atoms with van der Waals surface area (Å²) in [5.41, 5.74) is 2.02. The summed E-state index contributed by atoms with van der Waals surface area (Å²) in [5.74, 6) is -0.122. The standard InChI is InChI=1S/C17H17ClN2O4S/c1-11-3-6-13(7-4-11)19-17(21)16-10-20(25(2,22)23)14-9-12(18)5-8-15(14)24-16/h3-9,16H,10H2,1-2H3,(H,19,21). The SMILES string of the molecule is Cc1ccc(NC(=O)C2CN(S(C)(=O)=O)c3cc(Cl)ccc3O2)cc1. The molecule has 25 heavy (non-hydrogen) atoms. The minimum Gasteiger partial charge on any atom is -0.476 e. The Morgan fingerprint density at radius 1 is 1.24 bits per heavy atom. The molecule has 0 saturated heterocycles. The minimum absolute atomic E-state index is 0.121. The molecule has 0 radical (unpaired) electrons. The van der Waals surface area contributed by atoms with Crippen LogP contribution in [0.2, 0.25) is 5.02 Å². The van der Waals surface area contributed by atoms with Crippen LogP contribution in [0, 0.1) is 6.92 Å². The van der Waals surface area contributed by atoms with E-state index in [2.05, 4.69) is 5.32 Å². The molecular formula is C17H17ClN2O4S. The van der Waals surface area contributed by atoms with Crippen LogP contribution < -0.4 is 14.4 Å². The Labute approximate surface area is 151 Å². The first-order chi connectivity index (χ1) is 11.7. The number of nitrogens with zero attached hydrogens (tertiary/aromatic N) is 1. The summed E-state index contributed by atoms with van der Waals surface area (Å²) in [4.78, 5) is 12.5. The van der Waals surface area contributed by atoms with Gasteiger partial charge in [0.15, 0.2) is 6.10 Å². The summed E-state index contributed by atoms with van der Waals surface area (Å²) in [5, 5.41) is 3.13. The van der Waals surface area contributed by atoms with Crippen LogP contribution in [-0.4, -0.2) is 33.2 Å². The molecule has 0 spiro atoms. The molecular weight excluding hydrogens is 364 g/mol. The Bertz CT molecular complexity index is 913. The van der Waals surface area contributed by atoms with E-state index in [-0.39, 0.29) is 6.54 Å². The fraction of sp³-hybridized carbons (Fsp3) is 0.235. The van der Waals surface area contributed by atoms with Gasteiger partial charge in [-0.05, 0) is 37.3 Å². The van der Waals surface area contributed by atoms with Crippen molar-refractivity contribution in [1.29, 1.82) is 0 Å². The molecule has 0 fully saturated rings. The minimum atomic E-state index is -3.59. The summed E-state index contributed by atoms with van der Waals surface area (Å²) >= 11 is 5.95. The highest BCUT2D eigenvalue weighted by Crippen LogP contribution is 2.37. The largest absolute Gasteiger partial charge is 0.476 e. The Kier molecular flexibility index (Phi) is 4.62. The average Bonchev–Trinajstić information content (AvgIpc) is 2.55. The zero-order chi connectivity index (χ0) is 18.2. The van der Waals surface area contributed by atoms with Gasteiger partial charge < -0.3 is 10.1 Å². The predicted octanol–water partition coefficient (Wildman–Crippen LogP) is 2.81. The highest BCUT2D eigenvalue weighted by Gasteiger charge is 2.35. The number of amides is 1. The molecule has 0 aliphatic carbocycles. The first-order valence-electron chi connectivity index (χ1n) is 7.55. The van der Waals surface area contributed by atoms with E-state index in [0.717, 1.165) is 16.1 Å². The molecule has 8 heteroatoms. The van der Waals surface area contributed by atoms with Crippen molar-refractivity contribution in [2.24, 2.45) is 0 Å². The van der Waals surface area contributed by atoms with Crippen molar-refractivity contribution in [3.8, 4) is 5.75 Å². The Balaban J connectivity index is 1.87. The van der Waals surface area contributed by atoms with E-state index in [1.807, 2.05) is 19.1 Å². The topological polar surface area (TPSA) is 75.7 Å². The molecule has 1 aliphatic heterocycles. The highest BCUT2D eigenvalue weighted by atomic mass is 35.5. The fourth-order valence-corrected chi connectivity index (χ4v) is 3.61. The molecule has 132 valence electrons. The van der Waals surface area contributed by atoms with Gasteiger partial charge >= 0.3 is 0 Å². The number of aryl methyl sites for hydroxylation is 1. The Hall–Kier alpha value is -2.25. The number of ether oxygens (including phenoxy) is 1. The average molecular weight is 381 g/mol. The quantitative estimate of drug-likeness (QED) is 0.888. The van der Waals surface area contributed by atoms with E-state index >= 15 is 0 Å². The lowest BCUT2D eigenvalue weighted by Gasteiger charge is -2.34. The van der Waals surface area contributed by atoms with Gasteiger partial charge in [0.05, 0.1) is 18.5 Å². The molecule has 1 N–H and O–H groups in total. The summed E-state index contributed by atoms with van der Waals surface area (Å²) in [6.07, 6.45) is 0.113. The first kappa shape index (κ1) is 17.6. The normalized spacial score (nSPS) is 16.8. The second-order valence-corrected chi connectivity index (χ2v) is 8.21. The van der Waals surface area contributed by atoms with Crippen LogP contribution in [0.3, 0.4) is 0 Å². The molecule has 1 heterocycles. The number of hydrogen-bond acceptors (Lipinski definition) is 4. The molecule has 1 unspecified atom stereocenters. The van der Waals surface area contributed by atoms with Crippen LogP contribution in [0.5, 0.6) is 5.75 Å². The molecule has 0 bridgehead atoms. The van der Waals surface area contributed by atoms with Crippen molar-refractivity contribution in [2.75, 3.05) is 22.4 Å². The smallest absolute Gasteiger partial charge is 0.267 e. The van der Waals surface area contributed by atoms with Crippen LogP contribution in [0.4, 0.5) is 11.4 Å². The Morgan fingerprint density at radius 3 is 2.56 bits per heavy atom. The van der Waals surface area contributed by atoms with Gasteiger partial charge in [0.2, 0.25) is 10.0 Å². The van der Waals surface area contributed by atoms with Crippen LogP contribution in [0.15, 0.2) is 42.5 Å². The van der Waals surface area contributed by atoms with E-state index in [1.165, 1.54) is 6.07 Å². The summed E-state index contributed by atoms with van der Waals surface area (Å²) < 4.78 is 31.1. The highest BCUT2D eigenvalue weighted by molar-refractivity contribution is 7.92. The van der Waals surface area contributed by atoms with Gasteiger partial charge in [-0.25, -0.2) is 8.42 Å². The van der Waals surface area contributed by atoms with E-state index in [1.54, 1.807) is 24.3 Å². The molecule has 3 rings (SSSR count). The lowest BCUT2D eigenvalue weighted by molar-refractivity contribution is -0.122. The van der Waals surface area contributed by atoms with E-state index in [0.29, 0.717) is 22.1 Å². The van der Waals surface area contributed by atoms with Crippen LogP contribution in [-0.2, 0) is 14.8 Å². The third kappa shape index (κ3) is 3.88. The summed E-state index contributed by atoms with van der Waals surface area (Å²) in [6.45, 7) is 1.83. The maximum absolute atomic E-state index is 12.5. The predicted molar refractivity (Wildman–Crippen MR) is 97.9 cm³/mol. The van der Waals surface area contributed by atoms with E-state index < -0.39 is 22.0 Å². The van der Waals surface area contributed by atoms with Gasteiger partial charge in [-0.2, -0.15) is 0 Å². The lowest BCUT2D eigenvalue weighted by Crippen LogP contribution is -2.48. The molecule has 1 atom stereocenters. The third-order valence-corrected chi connectivity index (χ3v) is 5.18. The fourth-order valence-electron chi connectivity index (χ4n) is 2.53. The lowest BCUT2D eigenvalue weighted by atomic mass is 10.2. The van der Waals surface area contributed by atoms with Gasteiger partial charge in [-0.3, -0.25) is 9.10 Å². The third-order valence-electron chi connectivity index (χ3n) is 3.80. The number of fused-ring (bicyclic) bond motifs is 1. The number of hydrogen-bond donors (Lipinski definition) is 1. The van der Waals surface area contributed by atoms with Crippen molar-refractivity contribution >= 4 is 38.9 Å². The van der Waals surface area contributed by atoms with Gasteiger partial charge in [-0.15, -0.1) is 0 Å². The van der Waals surface area contributed by atoms with Gasteiger partial charge in [0.25, 0.3) is 5.91 Å². The Morgan fingerprint density at radius 2 is 1.92 bits per heavy atom. The zero-order valence-corrected chi connectivity index (χ0v) is 15.3. The molecule has 2 aromatic rings. The molecule has 1 amide bonds. The molecule has 0 saturated carbocycles. The molecule has 2 aromatic carbocycles. The van der Waals surface area contributed by atoms with Crippen LogP contribution >= 0.6 is 11.6 Å². The summed E-state index contributed by atoms with van der Waals surface area (Å²) in [7, 11) is -3.59. The number of nitrogens with one attached hydrogen (secondary N) is 1. The van der Waals surface area contributed by atoms with E-state index in [4.69, 9.17) is 16.3 Å². The second-order valence-electron chi connectivity index (χ2n) is 5.87. The van der Waals surface area contributed by atoms with Crippen molar-refractivity contribution in [3.63, 3.8) is 0 Å². The molecule has 1 aliphatic rings. The number of anilines is 2. The van der Waals surface area contributed by atoms with Crippen molar-refractivity contribution in [2.45, 2.75) is 13.0 Å². The monoisotopic (exact) mass is 380 g/mol. The van der Waals surface area contributed by atoms with Crippen molar-refractivity contribution in [1.82, 2.24) is 0 Å². The number of carbonyl (C=O) groups excluding carboxylic acids is 1. The van der Waals surface area contributed by atoms with Gasteiger partial charge in [-0.1, -0.05) is 29.3 Å². The number of carbonyl (C=O) groups is 1. The van der Waals surface area contributed by atoms with Gasteiger partial charge in [0.1, 0.15) is 5.75 Å². The maximum atomic E-state index is 12.5. The summed E-state index contributed by atoms with van der Waals surface area (Å²) in [6, 6.07) is 11.9. The number of benzene rings is 2.